The maximum Gasteiger partial charge on any atom is 0.433 e. The van der Waals surface area contributed by atoms with Crippen molar-refractivity contribution in [2.24, 2.45) is 0 Å². The Kier molecular flexibility index (Phi) is 3.33. The molecule has 0 fully saturated rings. The second-order valence-electron chi connectivity index (χ2n) is 3.59. The van der Waals surface area contributed by atoms with E-state index in [1.165, 1.54) is 24.5 Å². The quantitative estimate of drug-likeness (QED) is 0.905. The van der Waals surface area contributed by atoms with E-state index >= 15 is 0 Å². The van der Waals surface area contributed by atoms with Crippen LogP contribution >= 0.6 is 0 Å². The van der Waals surface area contributed by atoms with Gasteiger partial charge in [-0.25, -0.2) is 4.98 Å². The van der Waals surface area contributed by atoms with Gasteiger partial charge in [0.2, 0.25) is 0 Å². The predicted octanol–water partition coefficient (Wildman–Crippen LogP) is 3.11. The highest BCUT2D eigenvalue weighted by molar-refractivity contribution is 5.64. The molecule has 2 rings (SSSR count). The van der Waals surface area contributed by atoms with E-state index in [1.807, 2.05) is 6.07 Å². The summed E-state index contributed by atoms with van der Waals surface area (Å²) >= 11 is 0. The molecule has 2 aromatic heterocycles. The monoisotopic (exact) mass is 264 g/mol. The number of nitriles is 1. The number of pyridine rings is 2. The molecule has 2 heterocycles. The summed E-state index contributed by atoms with van der Waals surface area (Å²) < 4.78 is 37.0. The van der Waals surface area contributed by atoms with Crippen LogP contribution in [0.1, 0.15) is 11.3 Å². The van der Waals surface area contributed by atoms with Crippen LogP contribution in [0, 0.1) is 11.3 Å². The Bertz CT molecular complexity index is 614. The predicted molar refractivity (Wildman–Crippen MR) is 61.5 cm³/mol. The normalized spacial score (nSPS) is 10.8. The topological polar surface area (TPSA) is 61.6 Å². The molecule has 1 N–H and O–H groups in total. The highest BCUT2D eigenvalue weighted by Gasteiger charge is 2.31. The molecule has 19 heavy (non-hydrogen) atoms. The molecule has 0 saturated carbocycles. The number of alkyl halides is 3. The summed E-state index contributed by atoms with van der Waals surface area (Å²) in [6, 6.07) is 5.55. The van der Waals surface area contributed by atoms with Crippen LogP contribution in [0.4, 0.5) is 24.5 Å². The first-order chi connectivity index (χ1) is 9.00. The van der Waals surface area contributed by atoms with Gasteiger partial charge in [-0.3, -0.25) is 4.98 Å². The number of rotatable bonds is 2. The Balaban J connectivity index is 2.23. The van der Waals surface area contributed by atoms with E-state index in [0.29, 0.717) is 16.9 Å². The van der Waals surface area contributed by atoms with E-state index < -0.39 is 11.9 Å². The van der Waals surface area contributed by atoms with E-state index in [2.05, 4.69) is 15.3 Å². The minimum atomic E-state index is -4.47. The Labute approximate surface area is 106 Å². The molecule has 0 aromatic carbocycles. The Hall–Kier alpha value is -2.62. The summed E-state index contributed by atoms with van der Waals surface area (Å²) in [5, 5.41) is 11.7. The van der Waals surface area contributed by atoms with E-state index in [-0.39, 0.29) is 0 Å². The third-order valence-corrected chi connectivity index (χ3v) is 2.27. The maximum atomic E-state index is 12.3. The molecule has 0 spiro atoms. The van der Waals surface area contributed by atoms with Gasteiger partial charge in [0, 0.05) is 6.20 Å². The van der Waals surface area contributed by atoms with Crippen LogP contribution in [-0.4, -0.2) is 9.97 Å². The first kappa shape index (κ1) is 12.8. The second-order valence-corrected chi connectivity index (χ2v) is 3.59. The minimum absolute atomic E-state index is 0.342. The van der Waals surface area contributed by atoms with Crippen molar-refractivity contribution < 1.29 is 13.2 Å². The van der Waals surface area contributed by atoms with Crippen molar-refractivity contribution in [3.05, 3.63) is 48.0 Å². The van der Waals surface area contributed by atoms with Gasteiger partial charge in [0.1, 0.15) is 11.8 Å². The maximum absolute atomic E-state index is 12.3. The van der Waals surface area contributed by atoms with Crippen LogP contribution in [-0.2, 0) is 6.18 Å². The lowest BCUT2D eigenvalue weighted by atomic mass is 10.2. The molecule has 0 bridgehead atoms. The average Bonchev–Trinajstić information content (AvgIpc) is 2.39. The zero-order valence-electron chi connectivity index (χ0n) is 9.44. The number of hydrogen-bond acceptors (Lipinski definition) is 4. The molecule has 7 heteroatoms. The number of halogens is 3. The largest absolute Gasteiger partial charge is 0.433 e. The number of nitrogens with one attached hydrogen (secondary N) is 1. The summed E-state index contributed by atoms with van der Waals surface area (Å²) in [6.07, 6.45) is -0.549. The molecule has 0 atom stereocenters. The SMILES string of the molecule is N#Cc1ccncc1Nc1ccc(C(F)(F)F)nc1. The molecule has 0 saturated heterocycles. The molecule has 0 aliphatic heterocycles. The summed E-state index contributed by atoms with van der Waals surface area (Å²) in [4.78, 5) is 7.14. The number of anilines is 2. The van der Waals surface area contributed by atoms with E-state index in [0.717, 1.165) is 12.3 Å². The number of hydrogen-bond donors (Lipinski definition) is 1. The van der Waals surface area contributed by atoms with E-state index in [4.69, 9.17) is 5.26 Å². The van der Waals surface area contributed by atoms with Gasteiger partial charge in [0.15, 0.2) is 0 Å². The lowest BCUT2D eigenvalue weighted by Crippen LogP contribution is -2.07. The van der Waals surface area contributed by atoms with Crippen molar-refractivity contribution in [2.45, 2.75) is 6.18 Å². The van der Waals surface area contributed by atoms with Gasteiger partial charge >= 0.3 is 6.18 Å². The van der Waals surface area contributed by atoms with Crippen LogP contribution < -0.4 is 5.32 Å². The van der Waals surface area contributed by atoms with Gasteiger partial charge in [-0.1, -0.05) is 0 Å². The lowest BCUT2D eigenvalue weighted by Gasteiger charge is -2.09. The van der Waals surface area contributed by atoms with Crippen molar-refractivity contribution in [1.82, 2.24) is 9.97 Å². The average molecular weight is 264 g/mol. The van der Waals surface area contributed by atoms with Crippen LogP contribution in [0.25, 0.3) is 0 Å². The van der Waals surface area contributed by atoms with Gasteiger partial charge in [-0.15, -0.1) is 0 Å². The highest BCUT2D eigenvalue weighted by Crippen LogP contribution is 2.28. The molecule has 0 amide bonds. The number of nitrogens with zero attached hydrogens (tertiary/aromatic N) is 3. The third-order valence-electron chi connectivity index (χ3n) is 2.27. The van der Waals surface area contributed by atoms with E-state index in [9.17, 15) is 13.2 Å². The summed E-state index contributed by atoms with van der Waals surface area (Å²) in [6.45, 7) is 0. The summed E-state index contributed by atoms with van der Waals surface area (Å²) in [7, 11) is 0. The van der Waals surface area contributed by atoms with Crippen LogP contribution in [0.3, 0.4) is 0 Å². The second kappa shape index (κ2) is 4.94. The molecular formula is C12H7F3N4. The minimum Gasteiger partial charge on any atom is -0.352 e. The van der Waals surface area contributed by atoms with Gasteiger partial charge in [0.25, 0.3) is 0 Å². The first-order valence-electron chi connectivity index (χ1n) is 5.15. The fourth-order valence-corrected chi connectivity index (χ4v) is 1.38. The Morgan fingerprint density at radius 3 is 2.53 bits per heavy atom. The van der Waals surface area contributed by atoms with Gasteiger partial charge in [0.05, 0.1) is 29.3 Å². The molecule has 0 unspecified atom stereocenters. The first-order valence-corrected chi connectivity index (χ1v) is 5.15. The zero-order valence-corrected chi connectivity index (χ0v) is 9.44. The fourth-order valence-electron chi connectivity index (χ4n) is 1.38. The molecule has 0 aliphatic carbocycles. The van der Waals surface area contributed by atoms with Crippen molar-refractivity contribution in [3.63, 3.8) is 0 Å². The van der Waals surface area contributed by atoms with Crippen molar-refractivity contribution in [1.29, 1.82) is 5.26 Å². The molecule has 2 aromatic rings. The Morgan fingerprint density at radius 1 is 1.16 bits per heavy atom. The van der Waals surface area contributed by atoms with Gasteiger partial charge in [-0.05, 0) is 18.2 Å². The number of aromatic nitrogens is 2. The highest BCUT2D eigenvalue weighted by atomic mass is 19.4. The van der Waals surface area contributed by atoms with Crippen molar-refractivity contribution >= 4 is 11.4 Å². The van der Waals surface area contributed by atoms with Gasteiger partial charge in [-0.2, -0.15) is 18.4 Å². The van der Waals surface area contributed by atoms with Crippen LogP contribution in [0.15, 0.2) is 36.8 Å². The summed E-state index contributed by atoms with van der Waals surface area (Å²) in [5.74, 6) is 0. The standard InChI is InChI=1S/C12H7F3N4/c13-12(14,15)11-2-1-9(6-18-11)19-10-7-17-4-3-8(10)5-16/h1-4,6-7,19H. The van der Waals surface area contributed by atoms with Crippen molar-refractivity contribution in [3.8, 4) is 6.07 Å². The van der Waals surface area contributed by atoms with E-state index in [1.54, 1.807) is 0 Å². The van der Waals surface area contributed by atoms with Crippen molar-refractivity contribution in [2.75, 3.05) is 5.32 Å². The lowest BCUT2D eigenvalue weighted by molar-refractivity contribution is -0.141. The zero-order chi connectivity index (χ0) is 13.9. The molecule has 0 aliphatic rings. The molecule has 0 radical (unpaired) electrons. The summed E-state index contributed by atoms with van der Waals surface area (Å²) in [5.41, 5.74) is 0.128. The van der Waals surface area contributed by atoms with Crippen LogP contribution in [0.5, 0.6) is 0 Å². The molecular weight excluding hydrogens is 257 g/mol. The molecule has 4 nitrogen and oxygen atoms in total. The van der Waals surface area contributed by atoms with Gasteiger partial charge < -0.3 is 5.32 Å². The fraction of sp³-hybridized carbons (Fsp3) is 0.0833. The van der Waals surface area contributed by atoms with Crippen LogP contribution in [0.2, 0.25) is 0 Å². The Morgan fingerprint density at radius 2 is 1.95 bits per heavy atom. The third kappa shape index (κ3) is 2.98. The smallest absolute Gasteiger partial charge is 0.352 e. The molecule has 96 valence electrons.